The van der Waals surface area contributed by atoms with Crippen LogP contribution in [0.15, 0.2) is 10.5 Å². The number of pyridine rings is 1. The van der Waals surface area contributed by atoms with Crippen molar-refractivity contribution in [2.75, 3.05) is 56.2 Å². The van der Waals surface area contributed by atoms with Crippen molar-refractivity contribution in [2.45, 2.75) is 72.2 Å². The first-order chi connectivity index (χ1) is 15.0. The molecule has 1 aromatic rings. The average molecular weight is 544 g/mol. The number of carbonyl (C=O) groups is 1. The number of carbonyl (C=O) groups excluding carboxylic acids is 1. The van der Waals surface area contributed by atoms with Crippen molar-refractivity contribution in [3.8, 4) is 0 Å². The summed E-state index contributed by atoms with van der Waals surface area (Å²) in [6.45, 7) is 23.2. The average Bonchev–Trinajstić information content (AvgIpc) is 2.67. The van der Waals surface area contributed by atoms with Crippen molar-refractivity contribution in [2.24, 2.45) is 0 Å². The number of hydrogen-bond acceptors (Lipinski definition) is 6. The third-order valence-electron chi connectivity index (χ3n) is 6.45. The van der Waals surface area contributed by atoms with Crippen LogP contribution in [-0.2, 0) is 9.16 Å². The van der Waals surface area contributed by atoms with Gasteiger partial charge in [0.1, 0.15) is 5.60 Å². The molecule has 0 aromatic carbocycles. The third-order valence-corrected chi connectivity index (χ3v) is 11.8. The van der Waals surface area contributed by atoms with Gasteiger partial charge in [-0.1, -0.05) is 20.8 Å². The van der Waals surface area contributed by atoms with Gasteiger partial charge in [-0.15, -0.1) is 0 Å². The van der Waals surface area contributed by atoms with Crippen LogP contribution in [-0.4, -0.2) is 76.3 Å². The summed E-state index contributed by atoms with van der Waals surface area (Å²) in [5, 5.41) is 0.193. The number of halogens is 1. The number of rotatable bonds is 6. The molecule has 0 unspecified atom stereocenters. The van der Waals surface area contributed by atoms with Gasteiger partial charge in [-0.25, -0.2) is 9.78 Å². The van der Waals surface area contributed by atoms with Gasteiger partial charge in [-0.2, -0.15) is 0 Å². The molecule has 2 rings (SSSR count). The van der Waals surface area contributed by atoms with Gasteiger partial charge in [-0.3, -0.25) is 0 Å². The van der Waals surface area contributed by atoms with E-state index < -0.39 is 13.9 Å². The predicted molar refractivity (Wildman–Crippen MR) is 143 cm³/mol. The molecule has 1 aromatic heterocycles. The fourth-order valence-corrected chi connectivity index (χ4v) is 4.61. The summed E-state index contributed by atoms with van der Waals surface area (Å²) in [7, 11) is 0.306. The maximum Gasteiger partial charge on any atom is 0.410 e. The zero-order chi connectivity index (χ0) is 25.2. The lowest BCUT2D eigenvalue weighted by atomic mass is 10.2. The van der Waals surface area contributed by atoms with Crippen LogP contribution in [0.4, 0.5) is 16.3 Å². The number of amides is 1. The summed E-state index contributed by atoms with van der Waals surface area (Å²) in [5.74, 6) is 0.953. The van der Waals surface area contributed by atoms with Crippen LogP contribution in [0, 0.1) is 6.92 Å². The fraction of sp³-hybridized carbons (Fsp3) is 0.750. The molecule has 7 nitrogen and oxygen atoms in total. The highest BCUT2D eigenvalue weighted by molar-refractivity contribution is 9.10. The molecule has 9 heteroatoms. The summed E-state index contributed by atoms with van der Waals surface area (Å²) >= 11 is 3.65. The Balaban J connectivity index is 2.10. The summed E-state index contributed by atoms with van der Waals surface area (Å²) in [6.07, 6.45) is -0.248. The monoisotopic (exact) mass is 542 g/mol. The van der Waals surface area contributed by atoms with E-state index in [1.807, 2.05) is 27.7 Å². The van der Waals surface area contributed by atoms with E-state index in [1.165, 1.54) is 0 Å². The number of anilines is 2. The third kappa shape index (κ3) is 7.58. The molecule has 1 aliphatic rings. The second-order valence-electron chi connectivity index (χ2n) is 11.4. The van der Waals surface area contributed by atoms with E-state index in [1.54, 1.807) is 4.90 Å². The minimum Gasteiger partial charge on any atom is -0.444 e. The molecule has 1 amide bonds. The van der Waals surface area contributed by atoms with Crippen LogP contribution in [0.3, 0.4) is 0 Å². The zero-order valence-electron chi connectivity index (χ0n) is 22.2. The lowest BCUT2D eigenvalue weighted by molar-refractivity contribution is 0.0240. The fourth-order valence-electron chi connectivity index (χ4n) is 3.27. The number of nitrogens with zero attached hydrogens (tertiary/aromatic N) is 4. The number of ether oxygens (including phenoxy) is 1. The number of hydrogen-bond donors (Lipinski definition) is 0. The molecule has 0 atom stereocenters. The Bertz CT molecular complexity index is 828. The molecule has 0 radical (unpaired) electrons. The Morgan fingerprint density at radius 2 is 1.73 bits per heavy atom. The molecule has 0 bridgehead atoms. The molecular weight excluding hydrogens is 500 g/mol. The van der Waals surface area contributed by atoms with Crippen LogP contribution < -0.4 is 9.80 Å². The first kappa shape index (κ1) is 27.9. The van der Waals surface area contributed by atoms with Crippen molar-refractivity contribution in [1.29, 1.82) is 0 Å². The van der Waals surface area contributed by atoms with Gasteiger partial charge in [0.25, 0.3) is 0 Å². The maximum atomic E-state index is 12.4. The smallest absolute Gasteiger partial charge is 0.410 e. The number of aromatic nitrogens is 1. The van der Waals surface area contributed by atoms with E-state index in [4.69, 9.17) is 14.1 Å². The van der Waals surface area contributed by atoms with Gasteiger partial charge in [0, 0.05) is 44.2 Å². The molecule has 0 saturated carbocycles. The zero-order valence-corrected chi connectivity index (χ0v) is 24.8. The quantitative estimate of drug-likeness (QED) is 0.431. The van der Waals surface area contributed by atoms with Gasteiger partial charge in [0.2, 0.25) is 0 Å². The van der Waals surface area contributed by atoms with Crippen molar-refractivity contribution < 1.29 is 14.0 Å². The van der Waals surface area contributed by atoms with E-state index in [2.05, 4.69) is 72.7 Å². The molecule has 2 heterocycles. The highest BCUT2D eigenvalue weighted by Crippen LogP contribution is 2.37. The SMILES string of the molecule is Cc1nc(N2CCN(C(=O)OC(C)(C)C)CC2)c(N(C)CCO[Si](C)(C)C(C)(C)C)cc1Br. The minimum absolute atomic E-state index is 0.193. The second kappa shape index (κ2) is 10.5. The van der Waals surface area contributed by atoms with Gasteiger partial charge in [0.15, 0.2) is 14.1 Å². The van der Waals surface area contributed by atoms with Crippen LogP contribution >= 0.6 is 15.9 Å². The van der Waals surface area contributed by atoms with E-state index in [9.17, 15) is 4.79 Å². The molecule has 0 N–H and O–H groups in total. The highest BCUT2D eigenvalue weighted by atomic mass is 79.9. The summed E-state index contributed by atoms with van der Waals surface area (Å²) in [6, 6.07) is 2.14. The molecular formula is C24H43BrN4O3Si. The van der Waals surface area contributed by atoms with Gasteiger partial charge >= 0.3 is 6.09 Å². The van der Waals surface area contributed by atoms with Crippen LogP contribution in [0.25, 0.3) is 0 Å². The normalized spacial score (nSPS) is 15.6. The second-order valence-corrected chi connectivity index (χ2v) is 17.0. The molecule has 0 spiro atoms. The Kier molecular flexibility index (Phi) is 8.90. The standard InChI is InChI=1S/C24H43BrN4O3Si/c1-18-19(25)17-20(27(8)15-16-31-33(9,10)24(5,6)7)21(26-18)28-11-13-29(14-12-28)22(30)32-23(2,3)4/h17H,11-16H2,1-10H3. The molecule has 1 fully saturated rings. The molecule has 188 valence electrons. The highest BCUT2D eigenvalue weighted by Gasteiger charge is 2.37. The van der Waals surface area contributed by atoms with Gasteiger partial charge < -0.3 is 23.9 Å². The number of piperazine rings is 1. The van der Waals surface area contributed by atoms with Crippen molar-refractivity contribution in [1.82, 2.24) is 9.88 Å². The summed E-state index contributed by atoms with van der Waals surface area (Å²) in [5.41, 5.74) is 1.53. The van der Waals surface area contributed by atoms with Gasteiger partial charge in [0.05, 0.1) is 18.0 Å². The van der Waals surface area contributed by atoms with Crippen LogP contribution in [0.5, 0.6) is 0 Å². The Labute approximate surface area is 210 Å². The topological polar surface area (TPSA) is 58.1 Å². The molecule has 33 heavy (non-hydrogen) atoms. The minimum atomic E-state index is -1.79. The predicted octanol–water partition coefficient (Wildman–Crippen LogP) is 5.67. The Hall–Kier alpha value is -1.32. The number of aryl methyl sites for hydroxylation is 1. The first-order valence-corrected chi connectivity index (χ1v) is 15.5. The van der Waals surface area contributed by atoms with Crippen LogP contribution in [0.1, 0.15) is 47.2 Å². The maximum absolute atomic E-state index is 12.4. The van der Waals surface area contributed by atoms with Crippen molar-refractivity contribution >= 4 is 41.8 Å². The largest absolute Gasteiger partial charge is 0.444 e. The Morgan fingerprint density at radius 3 is 2.24 bits per heavy atom. The molecule has 0 aliphatic carbocycles. The lowest BCUT2D eigenvalue weighted by Crippen LogP contribution is -2.50. The van der Waals surface area contributed by atoms with E-state index in [-0.39, 0.29) is 11.1 Å². The first-order valence-electron chi connectivity index (χ1n) is 11.8. The van der Waals surface area contributed by atoms with Gasteiger partial charge in [-0.05, 0) is 67.8 Å². The van der Waals surface area contributed by atoms with E-state index in [0.717, 1.165) is 28.2 Å². The van der Waals surface area contributed by atoms with Crippen LogP contribution in [0.2, 0.25) is 18.1 Å². The summed E-state index contributed by atoms with van der Waals surface area (Å²) < 4.78 is 12.9. The number of likely N-dealkylation sites (N-methyl/N-ethyl adjacent to an activating group) is 1. The summed E-state index contributed by atoms with van der Waals surface area (Å²) in [4.78, 5) is 23.6. The molecule has 1 aliphatic heterocycles. The van der Waals surface area contributed by atoms with Crippen molar-refractivity contribution in [3.05, 3.63) is 16.2 Å². The van der Waals surface area contributed by atoms with Crippen molar-refractivity contribution in [3.63, 3.8) is 0 Å². The lowest BCUT2D eigenvalue weighted by Gasteiger charge is -2.38. The Morgan fingerprint density at radius 1 is 1.15 bits per heavy atom. The van der Waals surface area contributed by atoms with E-state index in [0.29, 0.717) is 32.8 Å². The molecule has 1 saturated heterocycles. The van der Waals surface area contributed by atoms with E-state index >= 15 is 0 Å².